The molecule has 0 aliphatic heterocycles. The Morgan fingerprint density at radius 2 is 2.07 bits per heavy atom. The molecule has 0 aromatic rings. The fraction of sp³-hybridized carbons (Fsp3) is 0.900. The Morgan fingerprint density at radius 3 is 2.57 bits per heavy atom. The molecule has 14 heavy (non-hydrogen) atoms. The molecule has 0 aromatic heterocycles. The van der Waals surface area contributed by atoms with Crippen molar-refractivity contribution >= 4 is 5.91 Å². The van der Waals surface area contributed by atoms with E-state index in [1.807, 2.05) is 0 Å². The number of rotatable bonds is 5. The van der Waals surface area contributed by atoms with Crippen LogP contribution in [0.5, 0.6) is 0 Å². The minimum Gasteiger partial charge on any atom is -0.396 e. The van der Waals surface area contributed by atoms with Crippen LogP contribution in [0.4, 0.5) is 0 Å². The summed E-state index contributed by atoms with van der Waals surface area (Å²) in [7, 11) is 1.75. The lowest BCUT2D eigenvalue weighted by molar-refractivity contribution is -0.120. The maximum atomic E-state index is 11.2. The van der Waals surface area contributed by atoms with E-state index in [1.54, 1.807) is 7.05 Å². The molecule has 0 spiro atoms. The van der Waals surface area contributed by atoms with Crippen LogP contribution in [0.3, 0.4) is 0 Å². The third-order valence-electron chi connectivity index (χ3n) is 3.00. The highest BCUT2D eigenvalue weighted by atomic mass is 16.3. The Balaban J connectivity index is 2.30. The molecule has 0 radical (unpaired) electrons. The van der Waals surface area contributed by atoms with Crippen molar-refractivity contribution in [3.8, 4) is 0 Å². The van der Waals surface area contributed by atoms with Crippen molar-refractivity contribution in [1.29, 1.82) is 0 Å². The van der Waals surface area contributed by atoms with E-state index in [-0.39, 0.29) is 17.9 Å². The third kappa shape index (κ3) is 2.96. The molecule has 1 saturated carbocycles. The zero-order valence-corrected chi connectivity index (χ0v) is 8.81. The maximum Gasteiger partial charge on any atom is 0.233 e. The second kappa shape index (κ2) is 5.32. The van der Waals surface area contributed by atoms with E-state index in [0.717, 1.165) is 12.8 Å². The van der Waals surface area contributed by atoms with Crippen LogP contribution in [0, 0.1) is 5.41 Å². The molecule has 0 bridgehead atoms. The van der Waals surface area contributed by atoms with E-state index in [1.165, 1.54) is 12.8 Å². The Kier molecular flexibility index (Phi) is 4.35. The van der Waals surface area contributed by atoms with E-state index in [2.05, 4.69) is 10.6 Å². The van der Waals surface area contributed by atoms with Gasteiger partial charge in [-0.15, -0.1) is 0 Å². The number of hydrogen-bond donors (Lipinski definition) is 3. The number of aliphatic hydroxyl groups excluding tert-OH is 1. The molecule has 1 aliphatic carbocycles. The fourth-order valence-electron chi connectivity index (χ4n) is 2.02. The molecule has 0 aromatic carbocycles. The van der Waals surface area contributed by atoms with Gasteiger partial charge in [-0.05, 0) is 19.9 Å². The van der Waals surface area contributed by atoms with Gasteiger partial charge in [0.2, 0.25) is 5.91 Å². The first-order chi connectivity index (χ1) is 6.72. The molecular weight excluding hydrogens is 180 g/mol. The molecule has 4 heteroatoms. The van der Waals surface area contributed by atoms with Crippen LogP contribution in [0.15, 0.2) is 0 Å². The summed E-state index contributed by atoms with van der Waals surface area (Å²) >= 11 is 0. The van der Waals surface area contributed by atoms with Gasteiger partial charge >= 0.3 is 0 Å². The van der Waals surface area contributed by atoms with Gasteiger partial charge in [0, 0.05) is 12.0 Å². The number of aliphatic hydroxyl groups is 1. The third-order valence-corrected chi connectivity index (χ3v) is 3.00. The summed E-state index contributed by atoms with van der Waals surface area (Å²) in [5.74, 6) is 0.00669. The van der Waals surface area contributed by atoms with Crippen molar-refractivity contribution in [2.45, 2.75) is 25.7 Å². The lowest BCUT2D eigenvalue weighted by atomic mass is 9.87. The van der Waals surface area contributed by atoms with Gasteiger partial charge in [-0.1, -0.05) is 12.8 Å². The smallest absolute Gasteiger partial charge is 0.233 e. The predicted octanol–water partition coefficient (Wildman–Crippen LogP) is -0.125. The molecule has 0 unspecified atom stereocenters. The summed E-state index contributed by atoms with van der Waals surface area (Å²) in [6.45, 7) is 1.15. The Labute approximate surface area is 85.1 Å². The standard InChI is InChI=1S/C10H20N2O2/c1-11-6-9(14)12-7-10(8-13)4-2-3-5-10/h11,13H,2-8H2,1H3,(H,12,14). The molecule has 1 amide bonds. The Hall–Kier alpha value is -0.610. The minimum atomic E-state index is -0.0383. The molecule has 4 nitrogen and oxygen atoms in total. The van der Waals surface area contributed by atoms with E-state index in [9.17, 15) is 9.90 Å². The van der Waals surface area contributed by atoms with Gasteiger partial charge in [0.1, 0.15) is 0 Å². The molecule has 1 rings (SSSR count). The van der Waals surface area contributed by atoms with Gasteiger partial charge in [0.15, 0.2) is 0 Å². The molecular formula is C10H20N2O2. The monoisotopic (exact) mass is 200 g/mol. The Bertz CT molecular complexity index is 189. The molecule has 0 heterocycles. The molecule has 1 aliphatic rings. The number of likely N-dealkylation sites (N-methyl/N-ethyl adjacent to an activating group) is 1. The van der Waals surface area contributed by atoms with Gasteiger partial charge in [-0.2, -0.15) is 0 Å². The first kappa shape index (κ1) is 11.5. The first-order valence-corrected chi connectivity index (χ1v) is 5.25. The molecule has 1 fully saturated rings. The van der Waals surface area contributed by atoms with Gasteiger partial charge in [0.25, 0.3) is 0 Å². The molecule has 0 saturated heterocycles. The highest BCUT2D eigenvalue weighted by molar-refractivity contribution is 5.77. The van der Waals surface area contributed by atoms with Crippen LogP contribution in [0.2, 0.25) is 0 Å². The van der Waals surface area contributed by atoms with Crippen LogP contribution in [-0.2, 0) is 4.79 Å². The SMILES string of the molecule is CNCC(=O)NCC1(CO)CCCC1. The van der Waals surface area contributed by atoms with Crippen LogP contribution in [0.1, 0.15) is 25.7 Å². The van der Waals surface area contributed by atoms with Crippen LogP contribution < -0.4 is 10.6 Å². The highest BCUT2D eigenvalue weighted by Gasteiger charge is 2.33. The van der Waals surface area contributed by atoms with E-state index < -0.39 is 0 Å². The van der Waals surface area contributed by atoms with E-state index >= 15 is 0 Å². The van der Waals surface area contributed by atoms with Crippen LogP contribution in [0.25, 0.3) is 0 Å². The van der Waals surface area contributed by atoms with Crippen molar-refractivity contribution in [1.82, 2.24) is 10.6 Å². The minimum absolute atomic E-state index is 0.00669. The quantitative estimate of drug-likeness (QED) is 0.579. The van der Waals surface area contributed by atoms with Gasteiger partial charge in [0.05, 0.1) is 13.2 Å². The largest absolute Gasteiger partial charge is 0.396 e. The summed E-state index contributed by atoms with van der Waals surface area (Å²) < 4.78 is 0. The summed E-state index contributed by atoms with van der Waals surface area (Å²) in [6, 6.07) is 0. The lowest BCUT2D eigenvalue weighted by Gasteiger charge is -2.26. The lowest BCUT2D eigenvalue weighted by Crippen LogP contribution is -2.41. The van der Waals surface area contributed by atoms with Crippen molar-refractivity contribution in [2.75, 3.05) is 26.7 Å². The van der Waals surface area contributed by atoms with Crippen molar-refractivity contribution in [3.63, 3.8) is 0 Å². The van der Waals surface area contributed by atoms with Crippen molar-refractivity contribution in [2.24, 2.45) is 5.41 Å². The Morgan fingerprint density at radius 1 is 1.43 bits per heavy atom. The summed E-state index contributed by atoms with van der Waals surface area (Å²) in [5.41, 5.74) is -0.0383. The number of carbonyl (C=O) groups is 1. The number of hydrogen-bond acceptors (Lipinski definition) is 3. The van der Waals surface area contributed by atoms with Gasteiger partial charge in [-0.3, -0.25) is 4.79 Å². The summed E-state index contributed by atoms with van der Waals surface area (Å²) in [5, 5.41) is 14.9. The number of amides is 1. The van der Waals surface area contributed by atoms with E-state index in [0.29, 0.717) is 13.1 Å². The van der Waals surface area contributed by atoms with Crippen molar-refractivity contribution < 1.29 is 9.90 Å². The normalized spacial score (nSPS) is 19.6. The fourth-order valence-corrected chi connectivity index (χ4v) is 2.02. The summed E-state index contributed by atoms with van der Waals surface area (Å²) in [6.07, 6.45) is 4.40. The first-order valence-electron chi connectivity index (χ1n) is 5.25. The average molecular weight is 200 g/mol. The van der Waals surface area contributed by atoms with E-state index in [4.69, 9.17) is 0 Å². The van der Waals surface area contributed by atoms with Gasteiger partial charge < -0.3 is 15.7 Å². The zero-order chi connectivity index (χ0) is 10.4. The van der Waals surface area contributed by atoms with Crippen LogP contribution >= 0.6 is 0 Å². The molecule has 3 N–H and O–H groups in total. The van der Waals surface area contributed by atoms with Crippen LogP contribution in [-0.4, -0.2) is 37.8 Å². The second-order valence-electron chi connectivity index (χ2n) is 4.17. The van der Waals surface area contributed by atoms with Crippen molar-refractivity contribution in [3.05, 3.63) is 0 Å². The number of carbonyl (C=O) groups excluding carboxylic acids is 1. The average Bonchev–Trinajstić information content (AvgIpc) is 2.65. The van der Waals surface area contributed by atoms with Gasteiger partial charge in [-0.25, -0.2) is 0 Å². The number of nitrogens with one attached hydrogen (secondary N) is 2. The zero-order valence-electron chi connectivity index (χ0n) is 8.81. The highest BCUT2D eigenvalue weighted by Crippen LogP contribution is 2.36. The topological polar surface area (TPSA) is 61.4 Å². The second-order valence-corrected chi connectivity index (χ2v) is 4.17. The summed E-state index contributed by atoms with van der Waals surface area (Å²) in [4.78, 5) is 11.2. The molecule has 82 valence electrons. The predicted molar refractivity (Wildman–Crippen MR) is 54.9 cm³/mol. The molecule has 0 atom stereocenters. The maximum absolute atomic E-state index is 11.2.